The number of hydrogen-bond donors (Lipinski definition) is 4. The largest absolute Gasteiger partial charge is 0.493 e. The first-order valence-electron chi connectivity index (χ1n) is 34.0. The molecule has 478 valence electrons. The summed E-state index contributed by atoms with van der Waals surface area (Å²) in [6, 6.07) is 61.5. The van der Waals surface area contributed by atoms with Crippen molar-refractivity contribution >= 4 is 45.5 Å². The van der Waals surface area contributed by atoms with Gasteiger partial charge >= 0.3 is 0 Å². The predicted octanol–water partition coefficient (Wildman–Crippen LogP) is 24.3. The van der Waals surface area contributed by atoms with E-state index in [1.807, 2.05) is 97.1 Å². The zero-order chi connectivity index (χ0) is 63.1. The minimum atomic E-state index is 0.551. The van der Waals surface area contributed by atoms with Gasteiger partial charge in [-0.2, -0.15) is 0 Å². The lowest BCUT2D eigenvalue weighted by atomic mass is 10.0. The van der Waals surface area contributed by atoms with Crippen LogP contribution in [-0.2, 0) is 0 Å². The zero-order valence-electron chi connectivity index (χ0n) is 55.2. The van der Waals surface area contributed by atoms with E-state index in [9.17, 15) is 0 Å². The molecule has 4 unspecified atom stereocenters. The van der Waals surface area contributed by atoms with Gasteiger partial charge in [0, 0.05) is 22.7 Å². The van der Waals surface area contributed by atoms with Gasteiger partial charge in [-0.15, -0.1) is 0 Å². The molecule has 0 aliphatic carbocycles. The highest BCUT2D eigenvalue weighted by Gasteiger charge is 2.18. The molecule has 0 bridgehead atoms. The van der Waals surface area contributed by atoms with Gasteiger partial charge in [0.25, 0.3) is 0 Å². The van der Waals surface area contributed by atoms with Gasteiger partial charge in [-0.3, -0.25) is 0 Å². The van der Waals surface area contributed by atoms with Crippen molar-refractivity contribution in [3.63, 3.8) is 0 Å². The van der Waals surface area contributed by atoms with Crippen LogP contribution >= 0.6 is 0 Å². The van der Waals surface area contributed by atoms with Crippen LogP contribution in [0.5, 0.6) is 46.0 Å². The molecule has 0 aliphatic heterocycles. The maximum absolute atomic E-state index is 6.77. The molecular formula is C80H102N4O6. The quantitative estimate of drug-likeness (QED) is 0.0296. The molecule has 10 nitrogen and oxygen atoms in total. The van der Waals surface area contributed by atoms with E-state index in [0.29, 0.717) is 46.7 Å². The molecule has 0 spiro atoms. The Morgan fingerprint density at radius 3 is 0.789 bits per heavy atom. The maximum atomic E-state index is 6.77. The fourth-order valence-electron chi connectivity index (χ4n) is 11.0. The third-order valence-corrected chi connectivity index (χ3v) is 17.2. The van der Waals surface area contributed by atoms with Crippen molar-refractivity contribution in [2.75, 3.05) is 47.7 Å². The van der Waals surface area contributed by atoms with Crippen molar-refractivity contribution in [3.8, 4) is 57.1 Å². The number of ether oxygens (including phenoxy) is 6. The lowest BCUT2D eigenvalue weighted by Gasteiger charge is -2.20. The summed E-state index contributed by atoms with van der Waals surface area (Å²) in [6.45, 7) is 20.9. The molecule has 0 saturated heterocycles. The molecule has 10 heteroatoms. The number of hydrogen-bond acceptors (Lipinski definition) is 10. The fraction of sp³-hybridized carbons (Fsp3) is 0.400. The minimum absolute atomic E-state index is 0.551. The maximum Gasteiger partial charge on any atom is 0.153 e. The molecule has 0 aromatic heterocycles. The van der Waals surface area contributed by atoms with Crippen LogP contribution in [0.4, 0.5) is 45.5 Å². The van der Waals surface area contributed by atoms with Crippen LogP contribution in [0.1, 0.15) is 158 Å². The van der Waals surface area contributed by atoms with Crippen LogP contribution in [0.15, 0.2) is 182 Å². The standard InChI is InChI=1S/C80H102N4O6/c1-9-17-23-59(13-5)55-85-69-47-35-65(36-48-69)81-75-27-21-29-77(79(75)83-67-39-51-71(52-40-67)87-57-61(15-7)25-19-11-3)89-73-43-31-63(32-44-73)64-33-45-74(46-34-64)90-78-30-22-28-76(82-66-37-49-70(50-38-66)86-56-60(14-6)24-18-10-2)80(78)84-68-41-53-72(54-42-68)88-58-62(16-8)26-20-12-4/h21-22,27-54,59-62,81-84H,9-20,23-26,55-58H2,1-8H3. The van der Waals surface area contributed by atoms with Crippen molar-refractivity contribution in [2.45, 2.75) is 158 Å². The SMILES string of the molecule is CCCCC(CC)COc1ccc(Nc2cccc(Oc3ccc(-c4ccc(Oc5cccc(Nc6ccc(OCC(CC)CCCC)cc6)c5Nc5ccc(OCC(CC)CCCC)cc5)cc4)cc3)c2Nc2ccc(OCC(CC)CCCC)cc2)cc1. The normalized spacial score (nSPS) is 12.5. The number of rotatable bonds is 41. The Morgan fingerprint density at radius 1 is 0.278 bits per heavy atom. The summed E-state index contributed by atoms with van der Waals surface area (Å²) in [5.41, 5.74) is 9.13. The van der Waals surface area contributed by atoms with Gasteiger partial charge < -0.3 is 49.7 Å². The van der Waals surface area contributed by atoms with Crippen LogP contribution in [-0.4, -0.2) is 26.4 Å². The molecule has 8 aromatic rings. The third kappa shape index (κ3) is 21.5. The molecule has 90 heavy (non-hydrogen) atoms. The van der Waals surface area contributed by atoms with Gasteiger partial charge in [0.1, 0.15) is 45.9 Å². The molecule has 4 N–H and O–H groups in total. The number of anilines is 8. The van der Waals surface area contributed by atoms with Crippen molar-refractivity contribution in [2.24, 2.45) is 23.7 Å². The van der Waals surface area contributed by atoms with E-state index < -0.39 is 0 Å². The first-order chi connectivity index (χ1) is 44.2. The first kappa shape index (κ1) is 67.7. The third-order valence-electron chi connectivity index (χ3n) is 17.2. The molecule has 0 amide bonds. The lowest BCUT2D eigenvalue weighted by Crippen LogP contribution is -2.11. The van der Waals surface area contributed by atoms with Crippen LogP contribution < -0.4 is 49.7 Å². The molecule has 4 atom stereocenters. The van der Waals surface area contributed by atoms with E-state index in [1.165, 1.54) is 77.0 Å². The summed E-state index contributed by atoms with van der Waals surface area (Å²) >= 11 is 0. The summed E-state index contributed by atoms with van der Waals surface area (Å²) in [5.74, 6) is 8.45. The van der Waals surface area contributed by atoms with Gasteiger partial charge in [0.15, 0.2) is 11.5 Å². The van der Waals surface area contributed by atoms with E-state index >= 15 is 0 Å². The monoisotopic (exact) mass is 1210 g/mol. The Bertz CT molecular complexity index is 3060. The van der Waals surface area contributed by atoms with Crippen molar-refractivity contribution < 1.29 is 28.4 Å². The molecule has 8 aromatic carbocycles. The van der Waals surface area contributed by atoms with Gasteiger partial charge in [-0.25, -0.2) is 0 Å². The van der Waals surface area contributed by atoms with Gasteiger partial charge in [0.2, 0.25) is 0 Å². The van der Waals surface area contributed by atoms with Crippen molar-refractivity contribution in [1.82, 2.24) is 0 Å². The highest BCUT2D eigenvalue weighted by Crippen LogP contribution is 2.43. The molecule has 0 saturated carbocycles. The minimum Gasteiger partial charge on any atom is -0.493 e. The second-order valence-electron chi connectivity index (χ2n) is 24.1. The van der Waals surface area contributed by atoms with Crippen LogP contribution in [0, 0.1) is 23.7 Å². The van der Waals surface area contributed by atoms with E-state index in [2.05, 4.69) is 162 Å². The summed E-state index contributed by atoms with van der Waals surface area (Å²) in [4.78, 5) is 0. The van der Waals surface area contributed by atoms with Crippen molar-refractivity contribution in [1.29, 1.82) is 0 Å². The van der Waals surface area contributed by atoms with Gasteiger partial charge in [0.05, 0.1) is 37.8 Å². The Labute approximate surface area is 539 Å². The van der Waals surface area contributed by atoms with E-state index in [0.717, 1.165) is 132 Å². The fourth-order valence-corrected chi connectivity index (χ4v) is 11.0. The average Bonchev–Trinajstić information content (AvgIpc) is 1.46. The summed E-state index contributed by atoms with van der Waals surface area (Å²) in [5, 5.41) is 14.8. The Balaban J connectivity index is 0.981. The molecule has 0 heterocycles. The second kappa shape index (κ2) is 37.0. The molecule has 8 rings (SSSR count). The van der Waals surface area contributed by atoms with Gasteiger partial charge in [-0.1, -0.05) is 169 Å². The van der Waals surface area contributed by atoms with E-state index in [1.54, 1.807) is 0 Å². The number of benzene rings is 8. The second-order valence-corrected chi connectivity index (χ2v) is 24.1. The molecule has 0 aliphatic rings. The predicted molar refractivity (Wildman–Crippen MR) is 379 cm³/mol. The van der Waals surface area contributed by atoms with Crippen LogP contribution in [0.25, 0.3) is 11.1 Å². The number of nitrogens with one attached hydrogen (secondary N) is 4. The Hall–Kier alpha value is -8.24. The summed E-state index contributed by atoms with van der Waals surface area (Å²) in [6.07, 6.45) is 18.9. The Morgan fingerprint density at radius 2 is 0.533 bits per heavy atom. The number of unbranched alkanes of at least 4 members (excludes halogenated alkanes) is 4. The smallest absolute Gasteiger partial charge is 0.153 e. The zero-order valence-corrected chi connectivity index (χ0v) is 55.2. The van der Waals surface area contributed by atoms with E-state index in [4.69, 9.17) is 28.4 Å². The average molecular weight is 1220 g/mol. The highest BCUT2D eigenvalue weighted by molar-refractivity contribution is 5.85. The molecule has 0 radical (unpaired) electrons. The first-order valence-corrected chi connectivity index (χ1v) is 34.0. The highest BCUT2D eigenvalue weighted by atomic mass is 16.5. The van der Waals surface area contributed by atoms with Crippen LogP contribution in [0.3, 0.4) is 0 Å². The summed E-state index contributed by atoms with van der Waals surface area (Å²) in [7, 11) is 0. The molecule has 0 fully saturated rings. The molecular weight excluding hydrogens is 1110 g/mol. The van der Waals surface area contributed by atoms with Crippen molar-refractivity contribution in [3.05, 3.63) is 182 Å². The summed E-state index contributed by atoms with van der Waals surface area (Å²) < 4.78 is 38.7. The van der Waals surface area contributed by atoms with E-state index in [-0.39, 0.29) is 0 Å². The van der Waals surface area contributed by atoms with Gasteiger partial charge in [-0.05, 0) is 206 Å². The topological polar surface area (TPSA) is 104 Å². The lowest BCUT2D eigenvalue weighted by molar-refractivity contribution is 0.233. The Kier molecular flexibility index (Phi) is 27.9. The van der Waals surface area contributed by atoms with Crippen LogP contribution in [0.2, 0.25) is 0 Å². The number of para-hydroxylation sites is 2.